The number of benzene rings is 4. The topological polar surface area (TPSA) is 77.6 Å². The van der Waals surface area contributed by atoms with Crippen LogP contribution < -0.4 is 15.5 Å². The van der Waals surface area contributed by atoms with Crippen LogP contribution in [0.3, 0.4) is 0 Å². The van der Waals surface area contributed by atoms with E-state index in [9.17, 15) is 22.8 Å². The lowest BCUT2D eigenvalue weighted by Crippen LogP contribution is -2.51. The lowest BCUT2D eigenvalue weighted by atomic mass is 9.98. The van der Waals surface area contributed by atoms with E-state index >= 15 is 0 Å². The Labute approximate surface area is 277 Å². The number of anilines is 2. The van der Waals surface area contributed by atoms with Gasteiger partial charge in [0.05, 0.1) is 17.8 Å². The highest BCUT2D eigenvalue weighted by Gasteiger charge is 2.31. The second-order valence-corrected chi connectivity index (χ2v) is 11.5. The summed E-state index contributed by atoms with van der Waals surface area (Å²) >= 11 is 0. The summed E-state index contributed by atoms with van der Waals surface area (Å²) in [7, 11) is 0. The first-order valence-corrected chi connectivity index (χ1v) is 15.7. The normalized spacial score (nSPS) is 14.3. The number of carbonyl (C=O) groups excluding carboxylic acids is 2. The van der Waals surface area contributed by atoms with Crippen LogP contribution in [0.25, 0.3) is 11.1 Å². The number of nitrogens with one attached hydrogen (secondary N) is 2. The summed E-state index contributed by atoms with van der Waals surface area (Å²) in [5.41, 5.74) is 3.99. The van der Waals surface area contributed by atoms with E-state index in [4.69, 9.17) is 0 Å². The number of halogens is 3. The van der Waals surface area contributed by atoms with Crippen molar-refractivity contribution in [1.82, 2.24) is 15.2 Å². The maximum Gasteiger partial charge on any atom is 0.416 e. The molecule has 1 unspecified atom stereocenters. The molecule has 7 nitrogen and oxygen atoms in total. The molecule has 2 amide bonds. The zero-order chi connectivity index (χ0) is 33.5. The molecule has 2 heterocycles. The molecule has 1 aliphatic rings. The summed E-state index contributed by atoms with van der Waals surface area (Å²) in [6, 6.07) is 34.1. The Morgan fingerprint density at radius 1 is 0.750 bits per heavy atom. The summed E-state index contributed by atoms with van der Waals surface area (Å²) in [5.74, 6) is -0.430. The molecular weight excluding hydrogens is 615 g/mol. The van der Waals surface area contributed by atoms with Gasteiger partial charge in [0, 0.05) is 49.3 Å². The van der Waals surface area contributed by atoms with Gasteiger partial charge in [-0.1, -0.05) is 66.7 Å². The third-order valence-corrected chi connectivity index (χ3v) is 8.40. The molecule has 5 aromatic rings. The van der Waals surface area contributed by atoms with E-state index in [0.29, 0.717) is 55.1 Å². The lowest BCUT2D eigenvalue weighted by molar-refractivity contribution is -0.137. The molecule has 0 saturated carbocycles. The van der Waals surface area contributed by atoms with Crippen LogP contribution in [-0.4, -0.2) is 47.9 Å². The summed E-state index contributed by atoms with van der Waals surface area (Å²) in [5, 5.41) is 5.98. The largest absolute Gasteiger partial charge is 0.416 e. The van der Waals surface area contributed by atoms with Crippen molar-refractivity contribution in [2.45, 2.75) is 18.8 Å². The highest BCUT2D eigenvalue weighted by Crippen LogP contribution is 2.32. The van der Waals surface area contributed by atoms with Gasteiger partial charge in [0.1, 0.15) is 6.04 Å². The maximum atomic E-state index is 13.5. The molecule has 1 atom stereocenters. The minimum atomic E-state index is -4.43. The molecule has 0 bridgehead atoms. The van der Waals surface area contributed by atoms with Gasteiger partial charge >= 0.3 is 6.18 Å². The van der Waals surface area contributed by atoms with Gasteiger partial charge < -0.3 is 15.5 Å². The first kappa shape index (κ1) is 32.5. The van der Waals surface area contributed by atoms with Crippen molar-refractivity contribution >= 4 is 23.2 Å². The molecule has 1 aromatic heterocycles. The molecule has 6 rings (SSSR count). The van der Waals surface area contributed by atoms with Crippen LogP contribution in [0.2, 0.25) is 0 Å². The second kappa shape index (κ2) is 14.5. The fourth-order valence-electron chi connectivity index (χ4n) is 5.90. The van der Waals surface area contributed by atoms with E-state index in [1.54, 1.807) is 30.5 Å². The number of amides is 2. The van der Waals surface area contributed by atoms with Crippen molar-refractivity contribution in [3.8, 4) is 11.1 Å². The molecule has 0 radical (unpaired) electrons. The Kier molecular flexibility index (Phi) is 9.82. The predicted molar refractivity (Wildman–Crippen MR) is 180 cm³/mol. The Hall–Kier alpha value is -5.48. The Balaban J connectivity index is 1.08. The first-order chi connectivity index (χ1) is 23.3. The standard InChI is InChI=1S/C38H34F3N5O2/c39-38(40,41)29-15-13-27(14-16-29)33-11-4-5-12-34(33)36(47)44-30-17-19-32(20-18-30)45-22-24-46(25-23-45)35(28-8-2-1-3-9-28)37(48)43-26-31-10-6-7-21-42-31/h1-21,35H,22-26H2,(H,43,48)(H,44,47). The predicted octanol–water partition coefficient (Wildman–Crippen LogP) is 7.20. The van der Waals surface area contributed by atoms with Crippen LogP contribution in [0.5, 0.6) is 0 Å². The van der Waals surface area contributed by atoms with Crippen molar-refractivity contribution < 1.29 is 22.8 Å². The molecule has 1 saturated heterocycles. The molecule has 244 valence electrons. The number of aromatic nitrogens is 1. The zero-order valence-corrected chi connectivity index (χ0v) is 26.0. The van der Waals surface area contributed by atoms with Gasteiger partial charge in [-0.15, -0.1) is 0 Å². The number of hydrogen-bond acceptors (Lipinski definition) is 5. The molecule has 0 aliphatic carbocycles. The van der Waals surface area contributed by atoms with Crippen LogP contribution >= 0.6 is 0 Å². The summed E-state index contributed by atoms with van der Waals surface area (Å²) in [6.07, 6.45) is -2.72. The molecule has 1 aliphatic heterocycles. The van der Waals surface area contributed by atoms with Gasteiger partial charge in [0.25, 0.3) is 5.91 Å². The van der Waals surface area contributed by atoms with Gasteiger partial charge in [0.15, 0.2) is 0 Å². The molecule has 1 fully saturated rings. The monoisotopic (exact) mass is 649 g/mol. The van der Waals surface area contributed by atoms with Crippen molar-refractivity contribution in [3.63, 3.8) is 0 Å². The van der Waals surface area contributed by atoms with Gasteiger partial charge in [-0.2, -0.15) is 13.2 Å². The SMILES string of the molecule is O=C(Nc1ccc(N2CCN(C(C(=O)NCc3ccccn3)c3ccccc3)CC2)cc1)c1ccccc1-c1ccc(C(F)(F)F)cc1. The molecule has 2 N–H and O–H groups in total. The van der Waals surface area contributed by atoms with E-state index in [-0.39, 0.29) is 11.8 Å². The number of nitrogens with zero attached hydrogens (tertiary/aromatic N) is 3. The first-order valence-electron chi connectivity index (χ1n) is 15.7. The van der Waals surface area contributed by atoms with Gasteiger partial charge in [-0.3, -0.25) is 19.5 Å². The van der Waals surface area contributed by atoms with Gasteiger partial charge in [-0.25, -0.2) is 0 Å². The smallest absolute Gasteiger partial charge is 0.369 e. The van der Waals surface area contributed by atoms with Crippen LogP contribution in [0, 0.1) is 0 Å². The second-order valence-electron chi connectivity index (χ2n) is 11.5. The van der Waals surface area contributed by atoms with E-state index in [0.717, 1.165) is 29.1 Å². The molecular formula is C38H34F3N5O2. The molecule has 0 spiro atoms. The van der Waals surface area contributed by atoms with Crippen LogP contribution in [0.15, 0.2) is 128 Å². The molecule has 48 heavy (non-hydrogen) atoms. The van der Waals surface area contributed by atoms with Crippen LogP contribution in [0.4, 0.5) is 24.5 Å². The van der Waals surface area contributed by atoms with Crippen molar-refractivity contribution in [2.24, 2.45) is 0 Å². The van der Waals surface area contributed by atoms with E-state index in [1.165, 1.54) is 12.1 Å². The number of carbonyl (C=O) groups is 2. The summed E-state index contributed by atoms with van der Waals surface area (Å²) < 4.78 is 39.2. The van der Waals surface area contributed by atoms with E-state index < -0.39 is 17.8 Å². The fraction of sp³-hybridized carbons (Fsp3) is 0.184. The highest BCUT2D eigenvalue weighted by atomic mass is 19.4. The van der Waals surface area contributed by atoms with E-state index in [1.807, 2.05) is 72.8 Å². The summed E-state index contributed by atoms with van der Waals surface area (Å²) in [6.45, 7) is 3.13. The molecule has 10 heteroatoms. The van der Waals surface area contributed by atoms with Crippen molar-refractivity contribution in [2.75, 3.05) is 36.4 Å². The van der Waals surface area contributed by atoms with Crippen LogP contribution in [0.1, 0.15) is 33.2 Å². The Morgan fingerprint density at radius 3 is 2.08 bits per heavy atom. The number of alkyl halides is 3. The Morgan fingerprint density at radius 2 is 1.42 bits per heavy atom. The third kappa shape index (κ3) is 7.72. The minimum Gasteiger partial charge on any atom is -0.369 e. The van der Waals surface area contributed by atoms with Crippen LogP contribution in [-0.2, 0) is 17.5 Å². The quantitative estimate of drug-likeness (QED) is 0.177. The number of hydrogen-bond donors (Lipinski definition) is 2. The maximum absolute atomic E-state index is 13.5. The van der Waals surface area contributed by atoms with Gasteiger partial charge in [-0.05, 0) is 71.3 Å². The third-order valence-electron chi connectivity index (χ3n) is 8.40. The number of rotatable bonds is 9. The minimum absolute atomic E-state index is 0.0692. The zero-order valence-electron chi connectivity index (χ0n) is 26.0. The molecule has 4 aromatic carbocycles. The van der Waals surface area contributed by atoms with Crippen molar-refractivity contribution in [1.29, 1.82) is 0 Å². The van der Waals surface area contributed by atoms with Gasteiger partial charge in [0.2, 0.25) is 5.91 Å². The Bertz CT molecular complexity index is 1830. The fourth-order valence-corrected chi connectivity index (χ4v) is 5.90. The van der Waals surface area contributed by atoms with Crippen molar-refractivity contribution in [3.05, 3.63) is 150 Å². The lowest BCUT2D eigenvalue weighted by Gasteiger charge is -2.39. The summed E-state index contributed by atoms with van der Waals surface area (Å²) in [4.78, 5) is 35.5. The number of piperazine rings is 1. The highest BCUT2D eigenvalue weighted by molar-refractivity contribution is 6.08. The average Bonchev–Trinajstić information content (AvgIpc) is 3.12. The average molecular weight is 650 g/mol. The number of pyridine rings is 1. The van der Waals surface area contributed by atoms with E-state index in [2.05, 4.69) is 25.4 Å².